The molecule has 0 saturated heterocycles. The third-order valence-electron chi connectivity index (χ3n) is 3.58. The summed E-state index contributed by atoms with van der Waals surface area (Å²) in [6.45, 7) is 7.09. The van der Waals surface area contributed by atoms with E-state index in [4.69, 9.17) is 5.14 Å². The number of hydrogen-bond donors (Lipinski definition) is 3. The Hall–Kier alpha value is -2.39. The van der Waals surface area contributed by atoms with Gasteiger partial charge in [-0.15, -0.1) is 0 Å². The van der Waals surface area contributed by atoms with Crippen LogP contribution in [0.2, 0.25) is 0 Å². The van der Waals surface area contributed by atoms with Crippen molar-refractivity contribution < 1.29 is 13.2 Å². The SMILES string of the molecule is Cc1ccc(S(N)(=O)=O)cc1NC(=O)NCc1cncn1CC(C)C. The number of hydrogen-bond acceptors (Lipinski definition) is 4. The molecule has 0 radical (unpaired) electrons. The number of anilines is 1. The molecule has 0 spiro atoms. The van der Waals surface area contributed by atoms with Gasteiger partial charge < -0.3 is 15.2 Å². The van der Waals surface area contributed by atoms with E-state index in [9.17, 15) is 13.2 Å². The van der Waals surface area contributed by atoms with Crippen LogP contribution in [0.4, 0.5) is 10.5 Å². The van der Waals surface area contributed by atoms with Crippen LogP contribution in [0.5, 0.6) is 0 Å². The largest absolute Gasteiger partial charge is 0.333 e. The molecule has 0 unspecified atom stereocenters. The molecular weight excluding hydrogens is 342 g/mol. The number of sulfonamides is 1. The quantitative estimate of drug-likeness (QED) is 0.723. The topological polar surface area (TPSA) is 119 Å². The number of carbonyl (C=O) groups excluding carboxylic acids is 1. The molecule has 1 aromatic carbocycles. The Morgan fingerprint density at radius 2 is 2.08 bits per heavy atom. The first kappa shape index (κ1) is 18.9. The van der Waals surface area contributed by atoms with Crippen molar-refractivity contribution in [3.05, 3.63) is 42.0 Å². The fourth-order valence-corrected chi connectivity index (χ4v) is 2.84. The number of urea groups is 1. The van der Waals surface area contributed by atoms with Gasteiger partial charge in [0.1, 0.15) is 0 Å². The fraction of sp³-hybridized carbons (Fsp3) is 0.375. The molecule has 4 N–H and O–H groups in total. The maximum Gasteiger partial charge on any atom is 0.319 e. The average Bonchev–Trinajstić information content (AvgIpc) is 2.92. The van der Waals surface area contributed by atoms with E-state index in [0.717, 1.165) is 17.8 Å². The van der Waals surface area contributed by atoms with E-state index in [1.807, 2.05) is 4.57 Å². The van der Waals surface area contributed by atoms with Crippen LogP contribution in [0.25, 0.3) is 0 Å². The third kappa shape index (κ3) is 5.30. The lowest BCUT2D eigenvalue weighted by atomic mass is 10.2. The Morgan fingerprint density at radius 3 is 2.72 bits per heavy atom. The monoisotopic (exact) mass is 365 g/mol. The van der Waals surface area contributed by atoms with E-state index in [-0.39, 0.29) is 4.90 Å². The predicted octanol–water partition coefficient (Wildman–Crippen LogP) is 1.82. The van der Waals surface area contributed by atoms with E-state index in [2.05, 4.69) is 29.5 Å². The number of imidazole rings is 1. The Kier molecular flexibility index (Phi) is 5.81. The van der Waals surface area contributed by atoms with E-state index in [1.54, 1.807) is 25.5 Å². The van der Waals surface area contributed by atoms with Gasteiger partial charge in [0.05, 0.1) is 23.5 Å². The standard InChI is InChI=1S/C16H23N5O3S/c1-11(2)9-21-10-18-7-13(21)8-19-16(22)20-15-6-14(25(17,23)24)5-4-12(15)3/h4-7,10-11H,8-9H2,1-3H3,(H2,17,23,24)(H2,19,20,22). The molecule has 0 saturated carbocycles. The number of aryl methyl sites for hydroxylation is 1. The summed E-state index contributed by atoms with van der Waals surface area (Å²) >= 11 is 0. The van der Waals surface area contributed by atoms with Crippen molar-refractivity contribution in [2.24, 2.45) is 11.1 Å². The van der Waals surface area contributed by atoms with E-state index < -0.39 is 16.1 Å². The van der Waals surface area contributed by atoms with Crippen LogP contribution in [0.3, 0.4) is 0 Å². The van der Waals surface area contributed by atoms with Gasteiger partial charge in [-0.2, -0.15) is 0 Å². The number of nitrogens with two attached hydrogens (primary N) is 1. The minimum Gasteiger partial charge on any atom is -0.333 e. The normalized spacial score (nSPS) is 11.6. The van der Waals surface area contributed by atoms with E-state index in [0.29, 0.717) is 18.2 Å². The zero-order valence-corrected chi connectivity index (χ0v) is 15.3. The lowest BCUT2D eigenvalue weighted by Gasteiger charge is -2.13. The molecule has 1 heterocycles. The summed E-state index contributed by atoms with van der Waals surface area (Å²) in [5, 5.41) is 10.5. The molecule has 2 rings (SSSR count). The highest BCUT2D eigenvalue weighted by Crippen LogP contribution is 2.19. The minimum absolute atomic E-state index is 0.0524. The van der Waals surface area contributed by atoms with E-state index in [1.165, 1.54) is 12.1 Å². The van der Waals surface area contributed by atoms with Crippen molar-refractivity contribution >= 4 is 21.7 Å². The van der Waals surface area contributed by atoms with Crippen LogP contribution in [0.1, 0.15) is 25.1 Å². The van der Waals surface area contributed by atoms with Gasteiger partial charge in [0.15, 0.2) is 0 Å². The van der Waals surface area contributed by atoms with Crippen LogP contribution in [-0.4, -0.2) is 24.0 Å². The number of carbonyl (C=O) groups is 1. The number of primary sulfonamides is 1. The number of nitrogens with zero attached hydrogens (tertiary/aromatic N) is 2. The van der Waals surface area contributed by atoms with Gasteiger partial charge in [0, 0.05) is 18.4 Å². The Labute approximate surface area is 147 Å². The first-order chi connectivity index (χ1) is 11.7. The number of amides is 2. The second-order valence-electron chi connectivity index (χ2n) is 6.26. The van der Waals surface area contributed by atoms with E-state index >= 15 is 0 Å². The molecule has 2 amide bonds. The smallest absolute Gasteiger partial charge is 0.319 e. The maximum atomic E-state index is 12.1. The fourth-order valence-electron chi connectivity index (χ4n) is 2.30. The van der Waals surface area contributed by atoms with Crippen LogP contribution in [0, 0.1) is 12.8 Å². The van der Waals surface area contributed by atoms with Gasteiger partial charge in [0.2, 0.25) is 10.0 Å². The molecule has 0 bridgehead atoms. The highest BCUT2D eigenvalue weighted by atomic mass is 32.2. The van der Waals surface area contributed by atoms with Crippen LogP contribution >= 0.6 is 0 Å². The molecule has 0 aliphatic heterocycles. The number of nitrogens with one attached hydrogen (secondary N) is 2. The molecule has 2 aromatic rings. The van der Waals surface area contributed by atoms with Gasteiger partial charge in [-0.25, -0.2) is 23.3 Å². The maximum absolute atomic E-state index is 12.1. The second-order valence-corrected chi connectivity index (χ2v) is 7.82. The molecule has 0 atom stereocenters. The van der Waals surface area contributed by atoms with Crippen molar-refractivity contribution in [2.45, 2.75) is 38.8 Å². The zero-order chi connectivity index (χ0) is 18.6. The first-order valence-electron chi connectivity index (χ1n) is 7.84. The lowest BCUT2D eigenvalue weighted by molar-refractivity contribution is 0.251. The molecule has 8 nitrogen and oxygen atoms in total. The van der Waals surface area contributed by atoms with Gasteiger partial charge in [-0.3, -0.25) is 0 Å². The summed E-state index contributed by atoms with van der Waals surface area (Å²) < 4.78 is 24.8. The molecule has 0 fully saturated rings. The van der Waals surface area contributed by atoms with Crippen molar-refractivity contribution in [1.82, 2.24) is 14.9 Å². The van der Waals surface area contributed by atoms with Crippen molar-refractivity contribution in [2.75, 3.05) is 5.32 Å². The van der Waals surface area contributed by atoms with Crippen LogP contribution in [0.15, 0.2) is 35.6 Å². The van der Waals surface area contributed by atoms with Crippen molar-refractivity contribution in [3.8, 4) is 0 Å². The average molecular weight is 365 g/mol. The third-order valence-corrected chi connectivity index (χ3v) is 4.49. The van der Waals surface area contributed by atoms with Gasteiger partial charge in [-0.1, -0.05) is 19.9 Å². The summed E-state index contributed by atoms with van der Waals surface area (Å²) in [7, 11) is -3.83. The highest BCUT2D eigenvalue weighted by molar-refractivity contribution is 7.89. The molecule has 0 aliphatic carbocycles. The Bertz CT molecular complexity index is 858. The van der Waals surface area contributed by atoms with Gasteiger partial charge in [0.25, 0.3) is 0 Å². The van der Waals surface area contributed by atoms with Crippen molar-refractivity contribution in [1.29, 1.82) is 0 Å². The number of aromatic nitrogens is 2. The van der Waals surface area contributed by atoms with Crippen LogP contribution < -0.4 is 15.8 Å². The minimum atomic E-state index is -3.83. The number of benzene rings is 1. The zero-order valence-electron chi connectivity index (χ0n) is 14.5. The molecular formula is C16H23N5O3S. The van der Waals surface area contributed by atoms with Crippen molar-refractivity contribution in [3.63, 3.8) is 0 Å². The molecule has 136 valence electrons. The summed E-state index contributed by atoms with van der Waals surface area (Å²) in [5.74, 6) is 0.463. The van der Waals surface area contributed by atoms with Gasteiger partial charge >= 0.3 is 6.03 Å². The molecule has 1 aromatic heterocycles. The number of rotatable bonds is 6. The molecule has 9 heteroatoms. The summed E-state index contributed by atoms with van der Waals surface area (Å²) in [6, 6.07) is 3.89. The Morgan fingerprint density at radius 1 is 1.36 bits per heavy atom. The molecule has 0 aliphatic rings. The molecule has 25 heavy (non-hydrogen) atoms. The Balaban J connectivity index is 2.03. The summed E-state index contributed by atoms with van der Waals surface area (Å²) in [4.78, 5) is 16.2. The lowest BCUT2D eigenvalue weighted by Crippen LogP contribution is -2.29. The van der Waals surface area contributed by atoms with Crippen LogP contribution in [-0.2, 0) is 23.1 Å². The highest BCUT2D eigenvalue weighted by Gasteiger charge is 2.12. The predicted molar refractivity (Wildman–Crippen MR) is 95.5 cm³/mol. The summed E-state index contributed by atoms with van der Waals surface area (Å²) in [5.41, 5.74) is 2.01. The second kappa shape index (κ2) is 7.66. The summed E-state index contributed by atoms with van der Waals surface area (Å²) in [6.07, 6.45) is 3.43. The van der Waals surface area contributed by atoms with Gasteiger partial charge in [-0.05, 0) is 30.5 Å². The first-order valence-corrected chi connectivity index (χ1v) is 9.38.